The van der Waals surface area contributed by atoms with Crippen LogP contribution in [0, 0.1) is 10.3 Å². The van der Waals surface area contributed by atoms with Gasteiger partial charge in [-0.1, -0.05) is 0 Å². The molecule has 18 nitrogen and oxygen atoms in total. The fourth-order valence-electron chi connectivity index (χ4n) is 4.52. The van der Waals surface area contributed by atoms with Gasteiger partial charge in [-0.05, 0) is 42.5 Å². The van der Waals surface area contributed by atoms with Crippen LogP contribution in [0.25, 0.3) is 0 Å². The molecule has 49 heavy (non-hydrogen) atoms. The van der Waals surface area contributed by atoms with E-state index in [4.69, 9.17) is 11.1 Å². The summed E-state index contributed by atoms with van der Waals surface area (Å²) in [5, 5.41) is 23.7. The number of hydrogen-bond acceptors (Lipinski definition) is 8. The van der Waals surface area contributed by atoms with Crippen LogP contribution in [0.3, 0.4) is 0 Å². The number of benzene rings is 1. The zero-order valence-electron chi connectivity index (χ0n) is 26.9. The zero-order valence-corrected chi connectivity index (χ0v) is 27.7. The van der Waals surface area contributed by atoms with E-state index in [1.165, 1.54) is 58.6 Å². The van der Waals surface area contributed by atoms with Gasteiger partial charge in [-0.3, -0.25) is 24.6 Å². The molecule has 0 saturated carbocycles. The van der Waals surface area contributed by atoms with Gasteiger partial charge in [0.2, 0.25) is 0 Å². The number of rotatable bonds is 12. The molecule has 0 spiro atoms. The minimum absolute atomic E-state index is 0. The van der Waals surface area contributed by atoms with Gasteiger partial charge in [0.25, 0.3) is 23.6 Å². The maximum Gasteiger partial charge on any atom is 0.344 e. The van der Waals surface area contributed by atoms with E-state index in [0.717, 1.165) is 0 Å². The predicted molar refractivity (Wildman–Crippen MR) is 185 cm³/mol. The molecule has 3 aromatic heterocycles. The Balaban J connectivity index is 0.00000650. The number of hydrogen-bond donors (Lipinski definition) is 7. The van der Waals surface area contributed by atoms with Crippen LogP contribution in [0.2, 0.25) is 0 Å². The SMILES string of the molecule is CN(N=O)C(=O)Nc1ccc(C(=O)Nc2cc(C(=O)Nc3cc(C(=O)Nc4cc(C(=O)NCCC(=N)N)n(C)c4)n(C)c3)n(C)c2)cc1.Cl. The number of carbonyl (C=O) groups is 5. The van der Waals surface area contributed by atoms with Crippen LogP contribution in [0.15, 0.2) is 66.3 Å². The van der Waals surface area contributed by atoms with Crippen molar-refractivity contribution < 1.29 is 24.0 Å². The van der Waals surface area contributed by atoms with Gasteiger partial charge in [-0.15, -0.1) is 17.3 Å². The number of aromatic nitrogens is 3. The molecule has 1 aromatic carbocycles. The fraction of sp³-hybridized carbons (Fsp3) is 0.200. The first-order valence-corrected chi connectivity index (χ1v) is 14.3. The molecule has 0 fully saturated rings. The van der Waals surface area contributed by atoms with Crippen LogP contribution < -0.4 is 32.3 Å². The van der Waals surface area contributed by atoms with Crippen molar-refractivity contribution in [1.82, 2.24) is 24.0 Å². The van der Waals surface area contributed by atoms with E-state index in [1.54, 1.807) is 44.3 Å². The molecule has 0 atom stereocenters. The number of amidine groups is 1. The standard InChI is InChI=1S/C30H34N12O6.ClH/c1-39-15-20(11-22(39)27(44)33-10-9-25(31)32)35-29(46)24-13-21(16-41(24)3)36-28(45)23-12-19(14-40(23)2)34-26(43)17-5-7-18(8-6-17)37-30(47)42(4)38-48;/h5-8,11-16H,9-10H2,1-4H3,(H3,31,32)(H,33,44)(H,34,43)(H,35,46)(H,36,45)(H,37,47);1H. The minimum atomic E-state index is -0.736. The van der Waals surface area contributed by atoms with Gasteiger partial charge >= 0.3 is 6.03 Å². The molecule has 19 heteroatoms. The highest BCUT2D eigenvalue weighted by molar-refractivity contribution is 6.09. The number of urea groups is 1. The maximum atomic E-state index is 13.1. The maximum absolute atomic E-state index is 13.1. The number of nitrogens with two attached hydrogens (primary N) is 1. The van der Waals surface area contributed by atoms with E-state index < -0.39 is 23.8 Å². The van der Waals surface area contributed by atoms with Crippen molar-refractivity contribution in [1.29, 1.82) is 5.41 Å². The highest BCUT2D eigenvalue weighted by atomic mass is 35.5. The Morgan fingerprint density at radius 1 is 0.714 bits per heavy atom. The monoisotopic (exact) mass is 694 g/mol. The number of carbonyl (C=O) groups excluding carboxylic acids is 5. The third-order valence-corrected chi connectivity index (χ3v) is 6.98. The van der Waals surface area contributed by atoms with Crippen LogP contribution in [-0.4, -0.2) is 67.8 Å². The average Bonchev–Trinajstić information content (AvgIpc) is 3.71. The molecule has 0 saturated heterocycles. The Morgan fingerprint density at radius 3 is 1.57 bits per heavy atom. The van der Waals surface area contributed by atoms with Crippen molar-refractivity contribution in [2.75, 3.05) is 34.9 Å². The van der Waals surface area contributed by atoms with Gasteiger partial charge in [-0.2, -0.15) is 5.01 Å². The first kappa shape index (κ1) is 37.0. The summed E-state index contributed by atoms with van der Waals surface area (Å²) in [7, 11) is 6.13. The van der Waals surface area contributed by atoms with Crippen molar-refractivity contribution >= 4 is 70.7 Å². The van der Waals surface area contributed by atoms with Crippen LogP contribution in [0.1, 0.15) is 48.2 Å². The summed E-state index contributed by atoms with van der Waals surface area (Å²) in [6.07, 6.45) is 4.93. The highest BCUT2D eigenvalue weighted by Crippen LogP contribution is 2.20. The largest absolute Gasteiger partial charge is 0.388 e. The Morgan fingerprint density at radius 2 is 1.14 bits per heavy atom. The van der Waals surface area contributed by atoms with Gasteiger partial charge < -0.3 is 46.0 Å². The second kappa shape index (κ2) is 15.9. The molecule has 0 aliphatic heterocycles. The minimum Gasteiger partial charge on any atom is -0.388 e. The van der Waals surface area contributed by atoms with E-state index in [1.807, 2.05) is 0 Å². The topological polar surface area (TPSA) is 243 Å². The van der Waals surface area contributed by atoms with Crippen molar-refractivity contribution in [2.24, 2.45) is 32.2 Å². The molecule has 0 unspecified atom stereocenters. The van der Waals surface area contributed by atoms with Gasteiger partial charge in [-0.25, -0.2) is 4.79 Å². The molecule has 0 radical (unpaired) electrons. The first-order valence-electron chi connectivity index (χ1n) is 14.3. The summed E-state index contributed by atoms with van der Waals surface area (Å²) in [6, 6.07) is 9.69. The smallest absolute Gasteiger partial charge is 0.344 e. The molecular weight excluding hydrogens is 660 g/mol. The number of nitroso groups, excluding NO2 is 1. The number of halogens is 1. The van der Waals surface area contributed by atoms with Crippen LogP contribution in [0.4, 0.5) is 27.5 Å². The molecular formula is C30H35ClN12O6. The molecule has 4 rings (SSSR count). The lowest BCUT2D eigenvalue weighted by atomic mass is 10.2. The second-order valence-electron chi connectivity index (χ2n) is 10.7. The molecule has 8 N–H and O–H groups in total. The third-order valence-electron chi connectivity index (χ3n) is 6.98. The number of nitrogens with zero attached hydrogens (tertiary/aromatic N) is 5. The van der Waals surface area contributed by atoms with E-state index in [9.17, 15) is 28.9 Å². The quantitative estimate of drug-likeness (QED) is 0.0505. The lowest BCUT2D eigenvalue weighted by molar-refractivity contribution is 0.0944. The fourth-order valence-corrected chi connectivity index (χ4v) is 4.52. The summed E-state index contributed by atoms with van der Waals surface area (Å²) in [4.78, 5) is 73.6. The van der Waals surface area contributed by atoms with Gasteiger partial charge in [0.05, 0.1) is 28.2 Å². The van der Waals surface area contributed by atoms with E-state index in [0.29, 0.717) is 33.5 Å². The molecule has 0 aliphatic carbocycles. The number of nitrogens with one attached hydrogen (secondary N) is 6. The van der Waals surface area contributed by atoms with Crippen LogP contribution >= 0.6 is 12.4 Å². The molecule has 4 aromatic rings. The lowest BCUT2D eigenvalue weighted by Crippen LogP contribution is -2.28. The summed E-state index contributed by atoms with van der Waals surface area (Å²) < 4.78 is 4.62. The second-order valence-corrected chi connectivity index (χ2v) is 10.7. The van der Waals surface area contributed by atoms with Crippen LogP contribution in [-0.2, 0) is 21.1 Å². The summed E-state index contributed by atoms with van der Waals surface area (Å²) in [6.45, 7) is 0.206. The first-order chi connectivity index (χ1) is 22.7. The molecule has 0 bridgehead atoms. The van der Waals surface area contributed by atoms with Crippen molar-refractivity contribution in [2.45, 2.75) is 6.42 Å². The molecule has 258 valence electrons. The van der Waals surface area contributed by atoms with Crippen molar-refractivity contribution in [3.8, 4) is 0 Å². The van der Waals surface area contributed by atoms with Gasteiger partial charge in [0, 0.05) is 71.0 Å². The highest BCUT2D eigenvalue weighted by Gasteiger charge is 2.19. The van der Waals surface area contributed by atoms with Crippen molar-refractivity contribution in [3.63, 3.8) is 0 Å². The number of aryl methyl sites for hydroxylation is 3. The summed E-state index contributed by atoms with van der Waals surface area (Å²) in [5.41, 5.74) is 7.79. The predicted octanol–water partition coefficient (Wildman–Crippen LogP) is 3.08. The van der Waals surface area contributed by atoms with Gasteiger partial charge in [0.1, 0.15) is 17.1 Å². The van der Waals surface area contributed by atoms with E-state index in [-0.39, 0.29) is 54.1 Å². The Labute approximate surface area is 285 Å². The Bertz CT molecular complexity index is 1910. The van der Waals surface area contributed by atoms with E-state index >= 15 is 0 Å². The normalized spacial score (nSPS) is 10.3. The third kappa shape index (κ3) is 9.32. The Kier molecular flexibility index (Phi) is 12.0. The Hall–Kier alpha value is -6.43. The number of amides is 6. The lowest BCUT2D eigenvalue weighted by Gasteiger charge is -2.09. The summed E-state index contributed by atoms with van der Waals surface area (Å²) >= 11 is 0. The molecule has 0 aliphatic rings. The van der Waals surface area contributed by atoms with Gasteiger partial charge in [0.15, 0.2) is 0 Å². The molecule has 3 heterocycles. The number of anilines is 4. The summed E-state index contributed by atoms with van der Waals surface area (Å²) in [5.74, 6) is -1.85. The van der Waals surface area contributed by atoms with E-state index in [2.05, 4.69) is 31.9 Å². The van der Waals surface area contributed by atoms with Crippen molar-refractivity contribution in [3.05, 3.63) is 88.6 Å². The average molecular weight is 695 g/mol. The van der Waals surface area contributed by atoms with Crippen LogP contribution in [0.5, 0.6) is 0 Å². The zero-order chi connectivity index (χ0) is 35.1. The molecule has 6 amide bonds.